The van der Waals surface area contributed by atoms with E-state index in [9.17, 15) is 0 Å². The van der Waals surface area contributed by atoms with Crippen molar-refractivity contribution in [3.63, 3.8) is 0 Å². The Hall–Kier alpha value is -2.51. The predicted octanol–water partition coefficient (Wildman–Crippen LogP) is 1.47. The fourth-order valence-electron chi connectivity index (χ4n) is 3.45. The predicted molar refractivity (Wildman–Crippen MR) is 83.1 cm³/mol. The standard InChI is InChI=1S/C15H18N8/c1-21-9-16-18-15(21)11-3-2-8-22(11)13-7-6-12-17-19-14(10-4-5-10)23(12)20-13/h6-7,9-11H,2-5,8H2,1H3. The third-order valence-electron chi connectivity index (χ3n) is 4.81. The van der Waals surface area contributed by atoms with Gasteiger partial charge < -0.3 is 9.47 Å². The zero-order chi connectivity index (χ0) is 15.4. The van der Waals surface area contributed by atoms with Crippen LogP contribution in [-0.4, -0.2) is 41.1 Å². The quantitative estimate of drug-likeness (QED) is 0.729. The van der Waals surface area contributed by atoms with Gasteiger partial charge in [-0.2, -0.15) is 4.52 Å². The summed E-state index contributed by atoms with van der Waals surface area (Å²) in [4.78, 5) is 2.32. The zero-order valence-electron chi connectivity index (χ0n) is 13.0. The van der Waals surface area contributed by atoms with Crippen molar-refractivity contribution in [3.8, 4) is 0 Å². The van der Waals surface area contributed by atoms with E-state index < -0.39 is 0 Å². The second kappa shape index (κ2) is 4.74. The van der Waals surface area contributed by atoms with Gasteiger partial charge in [-0.15, -0.1) is 25.5 Å². The molecular weight excluding hydrogens is 292 g/mol. The normalized spacial score (nSPS) is 21.4. The van der Waals surface area contributed by atoms with Gasteiger partial charge in [-0.1, -0.05) is 0 Å². The SMILES string of the molecule is Cn1cnnc1C1CCCN1c1ccc2nnc(C3CC3)n2n1. The van der Waals surface area contributed by atoms with Crippen LogP contribution in [0.2, 0.25) is 0 Å². The number of rotatable bonds is 3. The lowest BCUT2D eigenvalue weighted by molar-refractivity contribution is 0.620. The van der Waals surface area contributed by atoms with Crippen LogP contribution >= 0.6 is 0 Å². The minimum Gasteiger partial charge on any atom is -0.345 e. The summed E-state index contributed by atoms with van der Waals surface area (Å²) in [7, 11) is 1.99. The van der Waals surface area contributed by atoms with Crippen LogP contribution in [0, 0.1) is 0 Å². The Bertz CT molecular complexity index is 861. The largest absolute Gasteiger partial charge is 0.345 e. The lowest BCUT2D eigenvalue weighted by Gasteiger charge is -2.24. The molecule has 118 valence electrons. The van der Waals surface area contributed by atoms with Crippen molar-refractivity contribution in [1.82, 2.24) is 34.6 Å². The molecule has 1 aliphatic carbocycles. The lowest BCUT2D eigenvalue weighted by Crippen LogP contribution is -2.26. The summed E-state index contributed by atoms with van der Waals surface area (Å²) in [6.45, 7) is 0.983. The minimum absolute atomic E-state index is 0.230. The molecule has 2 fully saturated rings. The molecule has 0 aromatic carbocycles. The van der Waals surface area contributed by atoms with Crippen molar-refractivity contribution in [1.29, 1.82) is 0 Å². The molecule has 0 N–H and O–H groups in total. The van der Waals surface area contributed by atoms with Crippen LogP contribution in [0.4, 0.5) is 5.82 Å². The molecule has 0 radical (unpaired) electrons. The van der Waals surface area contributed by atoms with E-state index in [-0.39, 0.29) is 6.04 Å². The molecule has 3 aromatic heterocycles. The van der Waals surface area contributed by atoms with Gasteiger partial charge in [0.25, 0.3) is 0 Å². The van der Waals surface area contributed by atoms with E-state index in [1.807, 2.05) is 28.3 Å². The molecule has 1 saturated heterocycles. The molecule has 1 aliphatic heterocycles. The molecule has 5 rings (SSSR count). The van der Waals surface area contributed by atoms with Gasteiger partial charge in [-0.25, -0.2) is 0 Å². The van der Waals surface area contributed by atoms with Gasteiger partial charge in [0.1, 0.15) is 12.1 Å². The maximum atomic E-state index is 4.83. The molecule has 0 bridgehead atoms. The van der Waals surface area contributed by atoms with Crippen molar-refractivity contribution in [2.24, 2.45) is 7.05 Å². The van der Waals surface area contributed by atoms with Crippen LogP contribution in [0.3, 0.4) is 0 Å². The van der Waals surface area contributed by atoms with E-state index in [0.29, 0.717) is 5.92 Å². The minimum atomic E-state index is 0.230. The van der Waals surface area contributed by atoms with Gasteiger partial charge >= 0.3 is 0 Å². The van der Waals surface area contributed by atoms with Gasteiger partial charge in [0.05, 0.1) is 6.04 Å². The molecule has 8 nitrogen and oxygen atoms in total. The molecule has 0 spiro atoms. The van der Waals surface area contributed by atoms with Crippen LogP contribution in [0.15, 0.2) is 18.5 Å². The highest BCUT2D eigenvalue weighted by molar-refractivity contribution is 5.48. The summed E-state index contributed by atoms with van der Waals surface area (Å²) >= 11 is 0. The van der Waals surface area contributed by atoms with E-state index in [1.165, 1.54) is 12.8 Å². The molecule has 4 heterocycles. The molecule has 23 heavy (non-hydrogen) atoms. The van der Waals surface area contributed by atoms with Gasteiger partial charge in [-0.05, 0) is 37.8 Å². The van der Waals surface area contributed by atoms with E-state index in [2.05, 4.69) is 25.3 Å². The molecule has 1 saturated carbocycles. The van der Waals surface area contributed by atoms with Crippen LogP contribution in [0.1, 0.15) is 49.3 Å². The van der Waals surface area contributed by atoms with Crippen LogP contribution in [0.25, 0.3) is 5.65 Å². The first-order valence-corrected chi connectivity index (χ1v) is 8.14. The third-order valence-corrected chi connectivity index (χ3v) is 4.81. The Morgan fingerprint density at radius 3 is 2.74 bits per heavy atom. The molecule has 1 unspecified atom stereocenters. The average molecular weight is 310 g/mol. The van der Waals surface area contributed by atoms with Crippen molar-refractivity contribution in [2.75, 3.05) is 11.4 Å². The molecular formula is C15H18N8. The first-order chi connectivity index (χ1) is 11.3. The summed E-state index contributed by atoms with van der Waals surface area (Å²) in [5.74, 6) is 3.48. The molecule has 8 heteroatoms. The van der Waals surface area contributed by atoms with E-state index >= 15 is 0 Å². The van der Waals surface area contributed by atoms with Crippen molar-refractivity contribution in [3.05, 3.63) is 30.1 Å². The Labute approximate surface area is 133 Å². The number of aryl methyl sites for hydroxylation is 1. The molecule has 2 aliphatic rings. The molecule has 3 aromatic rings. The van der Waals surface area contributed by atoms with Gasteiger partial charge in [0.15, 0.2) is 17.3 Å². The zero-order valence-corrected chi connectivity index (χ0v) is 13.0. The van der Waals surface area contributed by atoms with E-state index in [1.54, 1.807) is 6.33 Å². The fraction of sp³-hybridized carbons (Fsp3) is 0.533. The second-order valence-corrected chi connectivity index (χ2v) is 6.45. The van der Waals surface area contributed by atoms with Crippen LogP contribution in [-0.2, 0) is 7.05 Å². The smallest absolute Gasteiger partial charge is 0.178 e. The first kappa shape index (κ1) is 13.0. The highest BCUT2D eigenvalue weighted by Crippen LogP contribution is 2.39. The lowest BCUT2D eigenvalue weighted by atomic mass is 10.2. The number of fused-ring (bicyclic) bond motifs is 1. The summed E-state index contributed by atoms with van der Waals surface area (Å²) in [6.07, 6.45) is 6.35. The number of nitrogens with zero attached hydrogens (tertiary/aromatic N) is 8. The maximum absolute atomic E-state index is 4.83. The third kappa shape index (κ3) is 2.01. The van der Waals surface area contributed by atoms with E-state index in [4.69, 9.17) is 5.10 Å². The summed E-state index contributed by atoms with van der Waals surface area (Å²) in [5.41, 5.74) is 0.824. The summed E-state index contributed by atoms with van der Waals surface area (Å²) < 4.78 is 3.91. The average Bonchev–Trinajstić information content (AvgIpc) is 2.99. The second-order valence-electron chi connectivity index (χ2n) is 6.45. The Balaban J connectivity index is 1.56. The van der Waals surface area contributed by atoms with Gasteiger partial charge in [0.2, 0.25) is 0 Å². The fourth-order valence-corrected chi connectivity index (χ4v) is 3.45. The number of hydrogen-bond acceptors (Lipinski definition) is 6. The maximum Gasteiger partial charge on any atom is 0.178 e. The number of anilines is 1. The molecule has 0 amide bonds. The van der Waals surface area contributed by atoms with Crippen molar-refractivity contribution in [2.45, 2.75) is 37.6 Å². The van der Waals surface area contributed by atoms with Crippen molar-refractivity contribution >= 4 is 11.5 Å². The number of hydrogen-bond donors (Lipinski definition) is 0. The first-order valence-electron chi connectivity index (χ1n) is 8.14. The Morgan fingerprint density at radius 1 is 1.04 bits per heavy atom. The Morgan fingerprint density at radius 2 is 1.96 bits per heavy atom. The highest BCUT2D eigenvalue weighted by atomic mass is 15.4. The summed E-state index contributed by atoms with van der Waals surface area (Å²) in [6, 6.07) is 4.27. The highest BCUT2D eigenvalue weighted by Gasteiger charge is 2.32. The van der Waals surface area contributed by atoms with Crippen LogP contribution < -0.4 is 4.90 Å². The molecule has 1 atom stereocenters. The summed E-state index contributed by atoms with van der Waals surface area (Å²) in [5, 5.41) is 21.7. The van der Waals surface area contributed by atoms with Gasteiger partial charge in [-0.3, -0.25) is 0 Å². The Kier molecular flexibility index (Phi) is 2.67. The topological polar surface area (TPSA) is 77.0 Å². The van der Waals surface area contributed by atoms with Crippen LogP contribution in [0.5, 0.6) is 0 Å². The number of aromatic nitrogens is 7. The van der Waals surface area contributed by atoms with Gasteiger partial charge in [0, 0.05) is 19.5 Å². The van der Waals surface area contributed by atoms with Crippen molar-refractivity contribution < 1.29 is 0 Å². The van der Waals surface area contributed by atoms with E-state index in [0.717, 1.165) is 42.5 Å². The monoisotopic (exact) mass is 310 g/mol.